The van der Waals surface area contributed by atoms with Crippen LogP contribution in [0.5, 0.6) is 0 Å². The Hall–Kier alpha value is -2.23. The second-order valence-electron chi connectivity index (χ2n) is 8.73. The molecular weight excluding hydrogens is 416 g/mol. The highest BCUT2D eigenvalue weighted by Gasteiger charge is 2.46. The highest BCUT2D eigenvalue weighted by molar-refractivity contribution is 7.88. The largest absolute Gasteiger partial charge is 0.368 e. The van der Waals surface area contributed by atoms with Crippen molar-refractivity contribution in [1.82, 2.24) is 19.0 Å². The van der Waals surface area contributed by atoms with Gasteiger partial charge >= 0.3 is 0 Å². The topological polar surface area (TPSA) is 84.7 Å². The van der Waals surface area contributed by atoms with Gasteiger partial charge in [-0.2, -0.15) is 9.40 Å². The van der Waals surface area contributed by atoms with Crippen LogP contribution in [-0.2, 0) is 31.6 Å². The number of sulfonamides is 1. The zero-order chi connectivity index (χ0) is 21.6. The molecule has 5 rings (SSSR count). The fourth-order valence-corrected chi connectivity index (χ4v) is 6.30. The molecule has 9 heteroatoms. The number of hydrogen-bond donors (Lipinski definition) is 0. The molecule has 3 aliphatic heterocycles. The predicted molar refractivity (Wildman–Crippen MR) is 115 cm³/mol. The van der Waals surface area contributed by atoms with Crippen LogP contribution < -0.4 is 0 Å². The second kappa shape index (κ2) is 7.72. The standard InChI is InChI=1S/C22H28N4O4S/c1-31(28,29)26-12-5-8-19(26)21(27)24-13-10-22(11-14-24)20-17(9-15-30-22)16-25(23-20)18-6-3-2-4-7-18/h2-4,6-7,16,19H,5,8-15H2,1H3/t19-/m0/s1. The third-order valence-electron chi connectivity index (χ3n) is 6.79. The average Bonchev–Trinajstić information content (AvgIpc) is 3.43. The molecule has 0 saturated carbocycles. The van der Waals surface area contributed by atoms with Crippen LogP contribution in [0.1, 0.15) is 36.9 Å². The minimum Gasteiger partial charge on any atom is -0.368 e. The first-order chi connectivity index (χ1) is 14.9. The lowest BCUT2D eigenvalue weighted by Gasteiger charge is -2.43. The molecule has 2 aromatic rings. The van der Waals surface area contributed by atoms with Crippen LogP contribution in [0.25, 0.3) is 5.69 Å². The zero-order valence-electron chi connectivity index (χ0n) is 17.7. The number of amides is 1. The van der Waals surface area contributed by atoms with E-state index in [9.17, 15) is 13.2 Å². The van der Waals surface area contributed by atoms with Crippen molar-refractivity contribution in [2.24, 2.45) is 0 Å². The van der Waals surface area contributed by atoms with E-state index in [-0.39, 0.29) is 5.91 Å². The highest BCUT2D eigenvalue weighted by atomic mass is 32.2. The first kappa shape index (κ1) is 20.7. The van der Waals surface area contributed by atoms with Crippen LogP contribution in [0.4, 0.5) is 0 Å². The van der Waals surface area contributed by atoms with E-state index in [0.29, 0.717) is 45.5 Å². The van der Waals surface area contributed by atoms with E-state index in [1.165, 1.54) is 16.1 Å². The molecule has 8 nitrogen and oxygen atoms in total. The number of rotatable bonds is 3. The van der Waals surface area contributed by atoms with Gasteiger partial charge in [0.15, 0.2) is 0 Å². The number of ether oxygens (including phenoxy) is 1. The van der Waals surface area contributed by atoms with Crippen molar-refractivity contribution in [1.29, 1.82) is 0 Å². The summed E-state index contributed by atoms with van der Waals surface area (Å²) in [5, 5.41) is 4.89. The summed E-state index contributed by atoms with van der Waals surface area (Å²) < 4.78 is 33.7. The van der Waals surface area contributed by atoms with E-state index in [4.69, 9.17) is 9.84 Å². The number of carbonyl (C=O) groups excluding carboxylic acids is 1. The molecule has 2 fully saturated rings. The minimum absolute atomic E-state index is 0.0800. The molecule has 0 bridgehead atoms. The summed E-state index contributed by atoms with van der Waals surface area (Å²) in [4.78, 5) is 14.9. The third-order valence-corrected chi connectivity index (χ3v) is 8.08. The number of hydrogen-bond acceptors (Lipinski definition) is 5. The van der Waals surface area contributed by atoms with Gasteiger partial charge in [-0.1, -0.05) is 18.2 Å². The molecule has 4 heterocycles. The van der Waals surface area contributed by atoms with E-state index in [0.717, 1.165) is 24.2 Å². The maximum atomic E-state index is 13.1. The number of nitrogens with zero attached hydrogens (tertiary/aromatic N) is 4. The summed E-state index contributed by atoms with van der Waals surface area (Å²) >= 11 is 0. The molecule has 0 unspecified atom stereocenters. The Morgan fingerprint density at radius 3 is 2.61 bits per heavy atom. The van der Waals surface area contributed by atoms with Gasteiger partial charge in [-0.15, -0.1) is 0 Å². The van der Waals surface area contributed by atoms with Gasteiger partial charge in [0.2, 0.25) is 15.9 Å². The molecule has 2 saturated heterocycles. The number of benzene rings is 1. The SMILES string of the molecule is CS(=O)(=O)N1CCC[C@H]1C(=O)N1CCC2(CC1)OCCc1cn(-c3ccccc3)nc12. The van der Waals surface area contributed by atoms with Gasteiger partial charge in [-0.25, -0.2) is 13.1 Å². The molecule has 1 atom stereocenters. The molecule has 1 amide bonds. The minimum atomic E-state index is -3.38. The maximum Gasteiger partial charge on any atom is 0.241 e. The summed E-state index contributed by atoms with van der Waals surface area (Å²) in [5.41, 5.74) is 2.72. The average molecular weight is 445 g/mol. The van der Waals surface area contributed by atoms with Gasteiger partial charge in [-0.3, -0.25) is 4.79 Å². The summed E-state index contributed by atoms with van der Waals surface area (Å²) in [7, 11) is -3.38. The number of fused-ring (bicyclic) bond motifs is 2. The lowest BCUT2D eigenvalue weighted by atomic mass is 9.83. The first-order valence-corrected chi connectivity index (χ1v) is 12.8. The van der Waals surface area contributed by atoms with E-state index in [2.05, 4.69) is 6.20 Å². The molecule has 31 heavy (non-hydrogen) atoms. The monoisotopic (exact) mass is 444 g/mol. The van der Waals surface area contributed by atoms with Crippen molar-refractivity contribution >= 4 is 15.9 Å². The van der Waals surface area contributed by atoms with Crippen LogP contribution in [0.3, 0.4) is 0 Å². The number of likely N-dealkylation sites (tertiary alicyclic amines) is 1. The second-order valence-corrected chi connectivity index (χ2v) is 10.7. The molecule has 0 aliphatic carbocycles. The Balaban J connectivity index is 1.34. The van der Waals surface area contributed by atoms with Crippen LogP contribution in [-0.4, -0.2) is 71.8 Å². The van der Waals surface area contributed by atoms with Crippen molar-refractivity contribution in [2.45, 2.75) is 43.7 Å². The molecule has 1 spiro atoms. The van der Waals surface area contributed by atoms with E-state index in [1.54, 1.807) is 0 Å². The fraction of sp³-hybridized carbons (Fsp3) is 0.545. The van der Waals surface area contributed by atoms with Crippen LogP contribution in [0.2, 0.25) is 0 Å². The normalized spacial score (nSPS) is 23.8. The highest BCUT2D eigenvalue weighted by Crippen LogP contribution is 2.41. The predicted octanol–water partition coefficient (Wildman–Crippen LogP) is 1.69. The van der Waals surface area contributed by atoms with Gasteiger partial charge < -0.3 is 9.64 Å². The van der Waals surface area contributed by atoms with E-state index in [1.807, 2.05) is 39.9 Å². The number of aromatic nitrogens is 2. The van der Waals surface area contributed by atoms with Crippen molar-refractivity contribution < 1.29 is 17.9 Å². The summed E-state index contributed by atoms with van der Waals surface area (Å²) in [6, 6.07) is 9.47. The van der Waals surface area contributed by atoms with Gasteiger partial charge in [0, 0.05) is 25.8 Å². The van der Waals surface area contributed by atoms with Crippen molar-refractivity contribution in [3.8, 4) is 5.69 Å². The molecule has 0 N–H and O–H groups in total. The number of piperidine rings is 1. The first-order valence-electron chi connectivity index (χ1n) is 10.9. The molecule has 3 aliphatic rings. The molecule has 166 valence electrons. The lowest BCUT2D eigenvalue weighted by Crippen LogP contribution is -2.53. The van der Waals surface area contributed by atoms with Gasteiger partial charge in [-0.05, 0) is 49.8 Å². The van der Waals surface area contributed by atoms with Crippen molar-refractivity contribution in [2.75, 3.05) is 32.5 Å². The smallest absolute Gasteiger partial charge is 0.241 e. The molecule has 0 radical (unpaired) electrons. The summed E-state index contributed by atoms with van der Waals surface area (Å²) in [6.07, 6.45) is 6.77. The quantitative estimate of drug-likeness (QED) is 0.719. The Morgan fingerprint density at radius 2 is 1.90 bits per heavy atom. The van der Waals surface area contributed by atoms with E-state index >= 15 is 0 Å². The van der Waals surface area contributed by atoms with Crippen LogP contribution >= 0.6 is 0 Å². The zero-order valence-corrected chi connectivity index (χ0v) is 18.6. The maximum absolute atomic E-state index is 13.1. The third kappa shape index (κ3) is 3.68. The van der Waals surface area contributed by atoms with Crippen LogP contribution in [0.15, 0.2) is 36.5 Å². The molecule has 1 aromatic carbocycles. The summed E-state index contributed by atoms with van der Waals surface area (Å²) in [6.45, 7) is 2.16. The summed E-state index contributed by atoms with van der Waals surface area (Å²) in [5.74, 6) is -0.0800. The lowest BCUT2D eigenvalue weighted by molar-refractivity contribution is -0.144. The number of carbonyl (C=O) groups is 1. The Kier molecular flexibility index (Phi) is 5.15. The Labute approximate surface area is 182 Å². The van der Waals surface area contributed by atoms with Crippen molar-refractivity contribution in [3.63, 3.8) is 0 Å². The molecular formula is C22H28N4O4S. The van der Waals surface area contributed by atoms with Gasteiger partial charge in [0.05, 0.1) is 24.2 Å². The fourth-order valence-electron chi connectivity index (χ4n) is 5.18. The van der Waals surface area contributed by atoms with E-state index < -0.39 is 21.7 Å². The molecule has 1 aromatic heterocycles. The van der Waals surface area contributed by atoms with Crippen LogP contribution in [0, 0.1) is 0 Å². The Morgan fingerprint density at radius 1 is 1.16 bits per heavy atom. The number of para-hydroxylation sites is 1. The van der Waals surface area contributed by atoms with Gasteiger partial charge in [0.1, 0.15) is 11.6 Å². The Bertz CT molecular complexity index is 1070. The van der Waals surface area contributed by atoms with Gasteiger partial charge in [0.25, 0.3) is 0 Å². The van der Waals surface area contributed by atoms with Crippen molar-refractivity contribution in [3.05, 3.63) is 47.8 Å².